The predicted molar refractivity (Wildman–Crippen MR) is 26.7 cm³/mol. The summed E-state index contributed by atoms with van der Waals surface area (Å²) in [7, 11) is -5.87. The first-order valence-electron chi connectivity index (χ1n) is 2.43. The quantitative estimate of drug-likeness (QED) is 0.665. The van der Waals surface area contributed by atoms with Crippen molar-refractivity contribution in [3.05, 3.63) is 0 Å². The lowest BCUT2D eigenvalue weighted by Crippen LogP contribution is -2.31. The van der Waals surface area contributed by atoms with E-state index in [0.29, 0.717) is 0 Å². The normalized spacial score (nSPS) is 13.8. The third-order valence-corrected chi connectivity index (χ3v) is 1.90. The molecule has 0 unspecified atom stereocenters. The summed E-state index contributed by atoms with van der Waals surface area (Å²) in [6.07, 6.45) is -5.86. The SMILES string of the molecule is O=S(=O)(OF)C(F)(F)CC(F)F. The molecule has 9 heteroatoms. The molecule has 74 valence electrons. The van der Waals surface area contributed by atoms with E-state index in [1.54, 1.807) is 0 Å². The molecule has 0 aromatic carbocycles. The van der Waals surface area contributed by atoms with Gasteiger partial charge in [0.05, 0.1) is 6.42 Å². The standard InChI is InChI=1S/C3H3F5O3S/c4-2(5)1-3(6,7)12(9,10)11-8/h2H,1H2. The van der Waals surface area contributed by atoms with E-state index in [1.165, 1.54) is 0 Å². The molecule has 0 spiro atoms. The third kappa shape index (κ3) is 2.55. The molecule has 0 amide bonds. The number of hydrogen-bond donors (Lipinski definition) is 0. The van der Waals surface area contributed by atoms with E-state index < -0.39 is 28.2 Å². The van der Waals surface area contributed by atoms with Crippen LogP contribution in [0.3, 0.4) is 0 Å². The largest absolute Gasteiger partial charge is 0.378 e. The molecule has 12 heavy (non-hydrogen) atoms. The van der Waals surface area contributed by atoms with Gasteiger partial charge in [-0.1, -0.05) is 4.39 Å². The zero-order valence-corrected chi connectivity index (χ0v) is 6.12. The van der Waals surface area contributed by atoms with Crippen LogP contribution in [0, 0.1) is 0 Å². The summed E-state index contributed by atoms with van der Waals surface area (Å²) in [5, 5.41) is -4.91. The fourth-order valence-corrected chi connectivity index (χ4v) is 0.750. The van der Waals surface area contributed by atoms with Crippen LogP contribution in [0.5, 0.6) is 0 Å². The molecule has 0 heterocycles. The molecule has 0 rings (SSSR count). The second-order valence-electron chi connectivity index (χ2n) is 1.75. The van der Waals surface area contributed by atoms with Gasteiger partial charge in [-0.3, -0.25) is 0 Å². The number of alkyl halides is 4. The molecule has 3 nitrogen and oxygen atoms in total. The molecule has 0 saturated carbocycles. The van der Waals surface area contributed by atoms with Gasteiger partial charge in [0.25, 0.3) is 0 Å². The van der Waals surface area contributed by atoms with Gasteiger partial charge in [-0.15, -0.1) is 0 Å². The highest BCUT2D eigenvalue weighted by molar-refractivity contribution is 7.87. The average Bonchev–Trinajstić information content (AvgIpc) is 1.84. The van der Waals surface area contributed by atoms with Gasteiger partial charge >= 0.3 is 15.4 Å². The Labute approximate surface area is 64.1 Å². The molecular formula is C3H3F5O3S. The smallest absolute Gasteiger partial charge is 0.210 e. The summed E-state index contributed by atoms with van der Waals surface area (Å²) in [6, 6.07) is 0. The van der Waals surface area contributed by atoms with Crippen LogP contribution in [0.2, 0.25) is 0 Å². The first-order valence-corrected chi connectivity index (χ1v) is 3.84. The van der Waals surface area contributed by atoms with Gasteiger partial charge in [0.1, 0.15) is 0 Å². The maximum Gasteiger partial charge on any atom is 0.378 e. The van der Waals surface area contributed by atoms with Crippen LogP contribution in [0.15, 0.2) is 0 Å². The predicted octanol–water partition coefficient (Wildman–Crippen LogP) is 1.47. The Bertz CT molecular complexity index is 234. The monoisotopic (exact) mass is 214 g/mol. The molecule has 0 fully saturated rings. The molecule has 0 aliphatic carbocycles. The lowest BCUT2D eigenvalue weighted by atomic mass is 10.5. The van der Waals surface area contributed by atoms with Gasteiger partial charge in [0, 0.05) is 0 Å². The average molecular weight is 214 g/mol. The summed E-state index contributed by atoms with van der Waals surface area (Å²) in [4.78, 5) is 0. The Morgan fingerprint density at radius 1 is 1.33 bits per heavy atom. The van der Waals surface area contributed by atoms with Crippen molar-refractivity contribution in [1.82, 2.24) is 0 Å². The topological polar surface area (TPSA) is 43.4 Å². The fourth-order valence-electron chi connectivity index (χ4n) is 0.328. The molecule has 0 aromatic rings. The molecule has 0 aliphatic heterocycles. The van der Waals surface area contributed by atoms with E-state index in [2.05, 4.69) is 0 Å². The Hall–Kier alpha value is -0.440. The lowest BCUT2D eigenvalue weighted by Gasteiger charge is -2.11. The van der Waals surface area contributed by atoms with Crippen LogP contribution in [-0.2, 0) is 14.5 Å². The van der Waals surface area contributed by atoms with Crippen LogP contribution in [0.25, 0.3) is 0 Å². The summed E-state index contributed by atoms with van der Waals surface area (Å²) in [6.45, 7) is 0. The van der Waals surface area contributed by atoms with Crippen molar-refractivity contribution < 1.29 is 34.9 Å². The molecule has 0 aliphatic rings. The van der Waals surface area contributed by atoms with E-state index in [1.807, 2.05) is 4.39 Å². The molecule has 0 aromatic heterocycles. The molecular weight excluding hydrogens is 211 g/mol. The fraction of sp³-hybridized carbons (Fsp3) is 1.00. The van der Waals surface area contributed by atoms with E-state index in [0.717, 1.165) is 0 Å². The van der Waals surface area contributed by atoms with Crippen LogP contribution < -0.4 is 0 Å². The molecule has 0 bridgehead atoms. The highest BCUT2D eigenvalue weighted by atomic mass is 32.2. The van der Waals surface area contributed by atoms with Crippen molar-refractivity contribution in [1.29, 1.82) is 0 Å². The van der Waals surface area contributed by atoms with Gasteiger partial charge in [-0.2, -0.15) is 17.2 Å². The highest BCUT2D eigenvalue weighted by Gasteiger charge is 2.49. The van der Waals surface area contributed by atoms with Crippen molar-refractivity contribution in [3.63, 3.8) is 0 Å². The van der Waals surface area contributed by atoms with Gasteiger partial charge in [0.15, 0.2) is 0 Å². The molecule has 0 radical (unpaired) electrons. The minimum absolute atomic E-state index is 1.89. The lowest BCUT2D eigenvalue weighted by molar-refractivity contribution is -0.0450. The zero-order chi connectivity index (χ0) is 9.99. The summed E-state index contributed by atoms with van der Waals surface area (Å²) in [5.74, 6) is 0. The second kappa shape index (κ2) is 3.52. The maximum absolute atomic E-state index is 12.0. The van der Waals surface area contributed by atoms with Crippen LogP contribution in [0.1, 0.15) is 6.42 Å². The molecule has 0 saturated heterocycles. The van der Waals surface area contributed by atoms with Crippen molar-refractivity contribution >= 4 is 10.1 Å². The van der Waals surface area contributed by atoms with E-state index in [-0.39, 0.29) is 0 Å². The van der Waals surface area contributed by atoms with Crippen LogP contribution in [-0.4, -0.2) is 20.1 Å². The first kappa shape index (κ1) is 11.6. The van der Waals surface area contributed by atoms with Crippen molar-refractivity contribution in [2.75, 3.05) is 0 Å². The van der Waals surface area contributed by atoms with Crippen LogP contribution in [0.4, 0.5) is 22.1 Å². The number of hydrogen-bond acceptors (Lipinski definition) is 3. The van der Waals surface area contributed by atoms with E-state index >= 15 is 0 Å². The van der Waals surface area contributed by atoms with E-state index in [4.69, 9.17) is 0 Å². The van der Waals surface area contributed by atoms with Crippen LogP contribution >= 0.6 is 0 Å². The zero-order valence-electron chi connectivity index (χ0n) is 5.31. The van der Waals surface area contributed by atoms with Gasteiger partial charge < -0.3 is 0 Å². The summed E-state index contributed by atoms with van der Waals surface area (Å²) in [5.41, 5.74) is 0. The minimum atomic E-state index is -5.87. The molecule has 0 atom stereocenters. The summed E-state index contributed by atoms with van der Waals surface area (Å²) >= 11 is 0. The summed E-state index contributed by atoms with van der Waals surface area (Å²) < 4.78 is 79.1. The van der Waals surface area contributed by atoms with Gasteiger partial charge in [-0.25, -0.2) is 8.78 Å². The third-order valence-electron chi connectivity index (χ3n) is 0.841. The van der Waals surface area contributed by atoms with Gasteiger partial charge in [0.2, 0.25) is 6.43 Å². The maximum atomic E-state index is 12.0. The number of halogens is 5. The number of rotatable bonds is 4. The minimum Gasteiger partial charge on any atom is -0.210 e. The Morgan fingerprint density at radius 2 is 1.75 bits per heavy atom. The van der Waals surface area contributed by atoms with Crippen molar-refractivity contribution in [3.8, 4) is 0 Å². The van der Waals surface area contributed by atoms with Crippen molar-refractivity contribution in [2.24, 2.45) is 0 Å². The highest BCUT2D eigenvalue weighted by Crippen LogP contribution is 2.30. The Kier molecular flexibility index (Phi) is 3.39. The van der Waals surface area contributed by atoms with E-state index in [9.17, 15) is 30.5 Å². The second-order valence-corrected chi connectivity index (χ2v) is 3.38. The van der Waals surface area contributed by atoms with Gasteiger partial charge in [-0.05, 0) is 4.53 Å². The Morgan fingerprint density at radius 3 is 2.00 bits per heavy atom. The first-order chi connectivity index (χ1) is 5.23. The van der Waals surface area contributed by atoms with Crippen molar-refractivity contribution in [2.45, 2.75) is 18.1 Å². The Balaban J connectivity index is 4.62. The molecule has 0 N–H and O–H groups in total.